The molecule has 1 aliphatic rings. The molecule has 5 heteroatoms. The van der Waals surface area contributed by atoms with Crippen molar-refractivity contribution in [2.24, 2.45) is 5.41 Å². The van der Waals surface area contributed by atoms with E-state index < -0.39 is 0 Å². The Kier molecular flexibility index (Phi) is 3.38. The summed E-state index contributed by atoms with van der Waals surface area (Å²) in [6.45, 7) is 3.88. The zero-order chi connectivity index (χ0) is 13.5. The molecule has 1 saturated carbocycles. The molecule has 0 saturated heterocycles. The van der Waals surface area contributed by atoms with Gasteiger partial charge in [0, 0.05) is 21.6 Å². The van der Waals surface area contributed by atoms with Crippen LogP contribution in [0.2, 0.25) is 0 Å². The SMILES string of the molecule is CC1(C)C(O)CC1NC(=O)c1cc(Br)ccc1N. The number of aliphatic hydroxyl groups excluding tert-OH is 1. The van der Waals surface area contributed by atoms with Gasteiger partial charge in [0.25, 0.3) is 5.91 Å². The minimum atomic E-state index is -0.359. The van der Waals surface area contributed by atoms with Gasteiger partial charge in [-0.15, -0.1) is 0 Å². The Balaban J connectivity index is 2.12. The van der Waals surface area contributed by atoms with Crippen LogP contribution >= 0.6 is 15.9 Å². The number of nitrogens with one attached hydrogen (secondary N) is 1. The number of hydrogen-bond donors (Lipinski definition) is 3. The van der Waals surface area contributed by atoms with E-state index >= 15 is 0 Å². The number of amides is 1. The highest BCUT2D eigenvalue weighted by molar-refractivity contribution is 9.10. The number of hydrogen-bond acceptors (Lipinski definition) is 3. The highest BCUT2D eigenvalue weighted by Gasteiger charge is 2.48. The first kappa shape index (κ1) is 13.4. The van der Waals surface area contributed by atoms with Crippen LogP contribution in [0.5, 0.6) is 0 Å². The Labute approximate surface area is 115 Å². The Bertz CT molecular complexity index is 488. The molecule has 98 valence electrons. The highest BCUT2D eigenvalue weighted by Crippen LogP contribution is 2.40. The van der Waals surface area contributed by atoms with Crippen molar-refractivity contribution in [1.29, 1.82) is 0 Å². The fourth-order valence-electron chi connectivity index (χ4n) is 2.11. The lowest BCUT2D eigenvalue weighted by molar-refractivity contribution is -0.0689. The number of halogens is 1. The zero-order valence-corrected chi connectivity index (χ0v) is 12.0. The molecule has 0 bridgehead atoms. The lowest BCUT2D eigenvalue weighted by Crippen LogP contribution is -2.61. The normalized spacial score (nSPS) is 25.3. The largest absolute Gasteiger partial charge is 0.398 e. The van der Waals surface area contributed by atoms with Crippen molar-refractivity contribution in [1.82, 2.24) is 5.32 Å². The molecule has 0 aromatic heterocycles. The molecule has 1 aromatic carbocycles. The van der Waals surface area contributed by atoms with Gasteiger partial charge >= 0.3 is 0 Å². The number of nitrogen functional groups attached to an aromatic ring is 1. The van der Waals surface area contributed by atoms with Crippen LogP contribution in [0, 0.1) is 5.41 Å². The van der Waals surface area contributed by atoms with Gasteiger partial charge in [-0.25, -0.2) is 0 Å². The van der Waals surface area contributed by atoms with Gasteiger partial charge in [0.15, 0.2) is 0 Å². The predicted octanol–water partition coefficient (Wildman–Crippen LogP) is 1.92. The summed E-state index contributed by atoms with van der Waals surface area (Å²) in [5.41, 5.74) is 6.42. The third-order valence-corrected chi connectivity index (χ3v) is 4.27. The summed E-state index contributed by atoms with van der Waals surface area (Å²) >= 11 is 3.32. The Morgan fingerprint density at radius 2 is 2.22 bits per heavy atom. The van der Waals surface area contributed by atoms with Gasteiger partial charge in [0.05, 0.1) is 11.7 Å². The molecular formula is C13H17BrN2O2. The van der Waals surface area contributed by atoms with Gasteiger partial charge in [0.1, 0.15) is 0 Å². The molecule has 0 radical (unpaired) electrons. The van der Waals surface area contributed by atoms with E-state index in [0.717, 1.165) is 4.47 Å². The fourth-order valence-corrected chi connectivity index (χ4v) is 2.47. The first-order chi connectivity index (χ1) is 8.32. The first-order valence-corrected chi connectivity index (χ1v) is 6.65. The van der Waals surface area contributed by atoms with Gasteiger partial charge in [-0.1, -0.05) is 29.8 Å². The van der Waals surface area contributed by atoms with Gasteiger partial charge < -0.3 is 16.2 Å². The maximum Gasteiger partial charge on any atom is 0.253 e. The molecule has 0 aliphatic heterocycles. The lowest BCUT2D eigenvalue weighted by Gasteiger charge is -2.49. The molecule has 1 fully saturated rings. The molecule has 1 amide bonds. The molecule has 0 heterocycles. The van der Waals surface area contributed by atoms with Gasteiger partial charge in [0.2, 0.25) is 0 Å². The lowest BCUT2D eigenvalue weighted by atomic mass is 9.64. The first-order valence-electron chi connectivity index (χ1n) is 5.86. The van der Waals surface area contributed by atoms with E-state index in [2.05, 4.69) is 21.2 Å². The van der Waals surface area contributed by atoms with Gasteiger partial charge in [-0.2, -0.15) is 0 Å². The summed E-state index contributed by atoms with van der Waals surface area (Å²) in [5, 5.41) is 12.6. The van der Waals surface area contributed by atoms with Crippen LogP contribution < -0.4 is 11.1 Å². The zero-order valence-electron chi connectivity index (χ0n) is 10.4. The average molecular weight is 313 g/mol. The topological polar surface area (TPSA) is 75.3 Å². The van der Waals surface area contributed by atoms with Gasteiger partial charge in [-0.3, -0.25) is 4.79 Å². The molecule has 2 atom stereocenters. The Hall–Kier alpha value is -1.07. The van der Waals surface area contributed by atoms with Crippen molar-refractivity contribution >= 4 is 27.5 Å². The maximum absolute atomic E-state index is 12.1. The number of carbonyl (C=O) groups is 1. The summed E-state index contributed by atoms with van der Waals surface area (Å²) in [7, 11) is 0. The minimum absolute atomic E-state index is 0.0154. The molecular weight excluding hydrogens is 296 g/mol. The van der Waals surface area contributed by atoms with Crippen molar-refractivity contribution in [3.8, 4) is 0 Å². The van der Waals surface area contributed by atoms with Crippen molar-refractivity contribution in [3.63, 3.8) is 0 Å². The molecule has 1 aliphatic carbocycles. The second-order valence-electron chi connectivity index (χ2n) is 5.33. The number of anilines is 1. The number of benzene rings is 1. The average Bonchev–Trinajstić information content (AvgIpc) is 2.31. The molecule has 0 spiro atoms. The van der Waals surface area contributed by atoms with Crippen molar-refractivity contribution in [2.75, 3.05) is 5.73 Å². The van der Waals surface area contributed by atoms with E-state index in [4.69, 9.17) is 5.73 Å². The van der Waals surface area contributed by atoms with E-state index in [-0.39, 0.29) is 23.5 Å². The third kappa shape index (κ3) is 2.24. The number of nitrogens with two attached hydrogens (primary N) is 1. The van der Waals surface area contributed by atoms with Crippen LogP contribution in [0.25, 0.3) is 0 Å². The summed E-state index contributed by atoms with van der Waals surface area (Å²) < 4.78 is 0.815. The third-order valence-electron chi connectivity index (χ3n) is 3.78. The monoisotopic (exact) mass is 312 g/mol. The van der Waals surface area contributed by atoms with E-state index in [9.17, 15) is 9.90 Å². The summed E-state index contributed by atoms with van der Waals surface area (Å²) in [6.07, 6.45) is 0.231. The van der Waals surface area contributed by atoms with Crippen LogP contribution in [0.1, 0.15) is 30.6 Å². The van der Waals surface area contributed by atoms with Crippen LogP contribution in [0.3, 0.4) is 0 Å². The van der Waals surface area contributed by atoms with E-state index in [1.165, 1.54) is 0 Å². The van der Waals surface area contributed by atoms with Crippen molar-refractivity contribution < 1.29 is 9.90 Å². The second kappa shape index (κ2) is 4.55. The maximum atomic E-state index is 12.1. The second-order valence-corrected chi connectivity index (χ2v) is 6.25. The van der Waals surface area contributed by atoms with Crippen LogP contribution in [0.4, 0.5) is 5.69 Å². The van der Waals surface area contributed by atoms with E-state index in [1.807, 2.05) is 13.8 Å². The predicted molar refractivity (Wildman–Crippen MR) is 74.2 cm³/mol. The molecule has 4 N–H and O–H groups in total. The number of aliphatic hydroxyl groups is 1. The summed E-state index contributed by atoms with van der Waals surface area (Å²) in [4.78, 5) is 12.1. The number of rotatable bonds is 2. The summed E-state index contributed by atoms with van der Waals surface area (Å²) in [5.74, 6) is -0.196. The minimum Gasteiger partial charge on any atom is -0.398 e. The molecule has 18 heavy (non-hydrogen) atoms. The Morgan fingerprint density at radius 1 is 1.56 bits per heavy atom. The molecule has 1 aromatic rings. The van der Waals surface area contributed by atoms with Gasteiger partial charge in [-0.05, 0) is 24.6 Å². The van der Waals surface area contributed by atoms with Crippen molar-refractivity contribution in [2.45, 2.75) is 32.4 Å². The van der Waals surface area contributed by atoms with Crippen LogP contribution in [0.15, 0.2) is 22.7 Å². The highest BCUT2D eigenvalue weighted by atomic mass is 79.9. The summed E-state index contributed by atoms with van der Waals surface area (Å²) in [6, 6.07) is 5.17. The smallest absolute Gasteiger partial charge is 0.253 e. The van der Waals surface area contributed by atoms with Crippen molar-refractivity contribution in [3.05, 3.63) is 28.2 Å². The standard InChI is InChI=1S/C13H17BrN2O2/c1-13(2)10(6-11(13)17)16-12(18)8-5-7(14)3-4-9(8)15/h3-5,10-11,17H,6,15H2,1-2H3,(H,16,18). The fraction of sp³-hybridized carbons (Fsp3) is 0.462. The molecule has 4 nitrogen and oxygen atoms in total. The molecule has 2 rings (SSSR count). The van der Waals surface area contributed by atoms with E-state index in [0.29, 0.717) is 17.7 Å². The quantitative estimate of drug-likeness (QED) is 0.730. The van der Waals surface area contributed by atoms with E-state index in [1.54, 1.807) is 18.2 Å². The number of carbonyl (C=O) groups excluding carboxylic acids is 1. The van der Waals surface area contributed by atoms with Crippen LogP contribution in [-0.4, -0.2) is 23.2 Å². The molecule has 2 unspecified atom stereocenters. The van der Waals surface area contributed by atoms with Crippen LogP contribution in [-0.2, 0) is 0 Å². The Morgan fingerprint density at radius 3 is 2.78 bits per heavy atom.